The molecule has 4 rings (SSSR count). The van der Waals surface area contributed by atoms with Gasteiger partial charge in [-0.2, -0.15) is 5.10 Å². The van der Waals surface area contributed by atoms with Gasteiger partial charge in [0.1, 0.15) is 5.52 Å². The SMILES string of the molecule is O=c1[nH]c2c([nH]c3ccc(Br)cc32)c(=O)n1N=Cc1ccccn1. The Morgan fingerprint density at radius 3 is 2.79 bits per heavy atom. The first-order chi connectivity index (χ1) is 11.6. The first kappa shape index (κ1) is 14.6. The molecule has 3 heterocycles. The van der Waals surface area contributed by atoms with E-state index in [1.807, 2.05) is 18.2 Å². The minimum atomic E-state index is -0.611. The van der Waals surface area contributed by atoms with Crippen molar-refractivity contribution < 1.29 is 0 Å². The van der Waals surface area contributed by atoms with Gasteiger partial charge in [0.15, 0.2) is 0 Å². The average molecular weight is 384 g/mol. The normalized spacial score (nSPS) is 11.7. The molecule has 0 spiro atoms. The molecule has 118 valence electrons. The van der Waals surface area contributed by atoms with Crippen LogP contribution in [-0.2, 0) is 0 Å². The number of benzene rings is 1. The second kappa shape index (κ2) is 5.57. The van der Waals surface area contributed by atoms with E-state index in [1.165, 1.54) is 6.21 Å². The molecule has 4 aromatic rings. The number of nitrogens with one attached hydrogen (secondary N) is 2. The lowest BCUT2D eigenvalue weighted by atomic mass is 10.2. The molecule has 0 aliphatic rings. The molecule has 0 bridgehead atoms. The van der Waals surface area contributed by atoms with Crippen molar-refractivity contribution in [1.82, 2.24) is 19.6 Å². The fourth-order valence-electron chi connectivity index (χ4n) is 2.49. The number of fused-ring (bicyclic) bond motifs is 3. The molecule has 0 aliphatic carbocycles. The molecule has 7 nitrogen and oxygen atoms in total. The van der Waals surface area contributed by atoms with Gasteiger partial charge in [-0.05, 0) is 30.3 Å². The summed E-state index contributed by atoms with van der Waals surface area (Å²) < 4.78 is 1.63. The Hall–Kier alpha value is -3.00. The van der Waals surface area contributed by atoms with Crippen molar-refractivity contribution >= 4 is 44.1 Å². The quantitative estimate of drug-likeness (QED) is 0.519. The average Bonchev–Trinajstić information content (AvgIpc) is 2.94. The van der Waals surface area contributed by atoms with Gasteiger partial charge in [-0.25, -0.2) is 4.79 Å². The predicted octanol–water partition coefficient (Wildman–Crippen LogP) is 2.21. The van der Waals surface area contributed by atoms with Crippen LogP contribution < -0.4 is 11.2 Å². The number of H-pyrrole nitrogens is 2. The van der Waals surface area contributed by atoms with Crippen LogP contribution in [0.5, 0.6) is 0 Å². The molecule has 1 aromatic carbocycles. The lowest BCUT2D eigenvalue weighted by Crippen LogP contribution is -2.32. The number of hydrogen-bond acceptors (Lipinski definition) is 4. The van der Waals surface area contributed by atoms with Crippen molar-refractivity contribution in [3.8, 4) is 0 Å². The fourth-order valence-corrected chi connectivity index (χ4v) is 2.85. The van der Waals surface area contributed by atoms with Crippen LogP contribution in [0, 0.1) is 0 Å². The summed E-state index contributed by atoms with van der Waals surface area (Å²) in [7, 11) is 0. The van der Waals surface area contributed by atoms with Gasteiger partial charge in [-0.3, -0.25) is 9.78 Å². The third kappa shape index (κ3) is 2.37. The van der Waals surface area contributed by atoms with Gasteiger partial charge < -0.3 is 9.97 Å². The maximum atomic E-state index is 12.6. The molecule has 24 heavy (non-hydrogen) atoms. The monoisotopic (exact) mass is 383 g/mol. The van der Waals surface area contributed by atoms with Crippen molar-refractivity contribution in [1.29, 1.82) is 0 Å². The Kier molecular flexibility index (Phi) is 3.39. The first-order valence-electron chi connectivity index (χ1n) is 7.05. The van der Waals surface area contributed by atoms with Crippen LogP contribution in [0.3, 0.4) is 0 Å². The molecule has 8 heteroatoms. The molecule has 0 atom stereocenters. The van der Waals surface area contributed by atoms with E-state index >= 15 is 0 Å². The van der Waals surface area contributed by atoms with Gasteiger partial charge in [0.25, 0.3) is 0 Å². The second-order valence-electron chi connectivity index (χ2n) is 5.11. The van der Waals surface area contributed by atoms with Gasteiger partial charge in [-0.15, -0.1) is 4.68 Å². The third-order valence-corrected chi connectivity index (χ3v) is 4.08. The van der Waals surface area contributed by atoms with Crippen LogP contribution in [0.4, 0.5) is 0 Å². The smallest absolute Gasteiger partial charge is 0.349 e. The molecular formula is C16H10BrN5O2. The van der Waals surface area contributed by atoms with Gasteiger partial charge >= 0.3 is 11.2 Å². The zero-order valence-electron chi connectivity index (χ0n) is 12.2. The summed E-state index contributed by atoms with van der Waals surface area (Å²) >= 11 is 3.39. The topological polar surface area (TPSA) is 95.9 Å². The lowest BCUT2D eigenvalue weighted by molar-refractivity contribution is 0.769. The summed E-state index contributed by atoms with van der Waals surface area (Å²) in [6.07, 6.45) is 2.97. The number of rotatable bonds is 2. The highest BCUT2D eigenvalue weighted by Crippen LogP contribution is 2.24. The van der Waals surface area contributed by atoms with Crippen molar-refractivity contribution in [2.75, 3.05) is 0 Å². The zero-order chi connectivity index (χ0) is 16.7. The summed E-state index contributed by atoms with van der Waals surface area (Å²) in [5.41, 5.74) is 0.928. The fraction of sp³-hybridized carbons (Fsp3) is 0. The molecule has 2 N–H and O–H groups in total. The predicted molar refractivity (Wildman–Crippen MR) is 95.6 cm³/mol. The van der Waals surface area contributed by atoms with Gasteiger partial charge in [0.05, 0.1) is 17.4 Å². The molecular weight excluding hydrogens is 374 g/mol. The van der Waals surface area contributed by atoms with E-state index in [4.69, 9.17) is 0 Å². The van der Waals surface area contributed by atoms with Crippen molar-refractivity contribution in [2.45, 2.75) is 0 Å². The number of aromatic nitrogens is 4. The van der Waals surface area contributed by atoms with Crippen LogP contribution in [0.2, 0.25) is 0 Å². The van der Waals surface area contributed by atoms with Gasteiger partial charge in [0, 0.05) is 21.6 Å². The Morgan fingerprint density at radius 1 is 1.12 bits per heavy atom. The second-order valence-corrected chi connectivity index (χ2v) is 6.03. The van der Waals surface area contributed by atoms with Gasteiger partial charge in [0.2, 0.25) is 0 Å². The highest BCUT2D eigenvalue weighted by molar-refractivity contribution is 9.10. The van der Waals surface area contributed by atoms with E-state index in [-0.39, 0.29) is 0 Å². The van der Waals surface area contributed by atoms with Crippen LogP contribution in [0.1, 0.15) is 5.69 Å². The number of nitrogens with zero attached hydrogens (tertiary/aromatic N) is 3. The van der Waals surface area contributed by atoms with Crippen molar-refractivity contribution in [3.05, 3.63) is 73.6 Å². The Balaban J connectivity index is 1.95. The summed E-state index contributed by atoms with van der Waals surface area (Å²) in [5, 5.41) is 4.72. The molecule has 0 saturated carbocycles. The Labute approximate surface area is 142 Å². The number of aromatic amines is 2. The van der Waals surface area contributed by atoms with E-state index < -0.39 is 11.2 Å². The Bertz CT molecular complexity index is 1200. The summed E-state index contributed by atoms with van der Waals surface area (Å²) in [6, 6.07) is 10.8. The van der Waals surface area contributed by atoms with E-state index in [1.54, 1.807) is 24.4 Å². The van der Waals surface area contributed by atoms with Crippen LogP contribution in [-0.4, -0.2) is 25.8 Å². The zero-order valence-corrected chi connectivity index (χ0v) is 13.7. The molecule has 0 fully saturated rings. The maximum absolute atomic E-state index is 12.6. The molecule has 0 radical (unpaired) electrons. The van der Waals surface area contributed by atoms with Crippen LogP contribution >= 0.6 is 15.9 Å². The number of halogens is 1. The number of hydrogen-bond donors (Lipinski definition) is 2. The summed E-state index contributed by atoms with van der Waals surface area (Å²) in [6.45, 7) is 0. The lowest BCUT2D eigenvalue weighted by Gasteiger charge is -1.97. The highest BCUT2D eigenvalue weighted by atomic mass is 79.9. The minimum absolute atomic E-state index is 0.292. The molecule has 0 unspecified atom stereocenters. The summed E-state index contributed by atoms with van der Waals surface area (Å²) in [5.74, 6) is 0. The van der Waals surface area contributed by atoms with E-state index in [0.717, 1.165) is 20.1 Å². The van der Waals surface area contributed by atoms with E-state index in [0.29, 0.717) is 16.7 Å². The maximum Gasteiger partial charge on any atom is 0.350 e. The standard InChI is InChI=1S/C16H10BrN5O2/c17-9-4-5-12-11(7-9)13-14(20-12)15(23)22(16(24)21-13)19-8-10-3-1-2-6-18-10/h1-8,20H,(H,21,24). The molecule has 3 aromatic heterocycles. The molecule has 0 saturated heterocycles. The summed E-state index contributed by atoms with van der Waals surface area (Å²) in [4.78, 5) is 34.6. The molecule has 0 amide bonds. The van der Waals surface area contributed by atoms with Gasteiger partial charge in [-0.1, -0.05) is 22.0 Å². The van der Waals surface area contributed by atoms with Crippen molar-refractivity contribution in [2.24, 2.45) is 5.10 Å². The van der Waals surface area contributed by atoms with Crippen LogP contribution in [0.15, 0.2) is 61.8 Å². The third-order valence-electron chi connectivity index (χ3n) is 3.58. The minimum Gasteiger partial charge on any atom is -0.349 e. The largest absolute Gasteiger partial charge is 0.350 e. The highest BCUT2D eigenvalue weighted by Gasteiger charge is 2.12. The van der Waals surface area contributed by atoms with E-state index in [9.17, 15) is 9.59 Å². The van der Waals surface area contributed by atoms with Crippen molar-refractivity contribution in [3.63, 3.8) is 0 Å². The van der Waals surface area contributed by atoms with E-state index in [2.05, 4.69) is 36.0 Å². The number of pyridine rings is 1. The Morgan fingerprint density at radius 2 is 2.00 bits per heavy atom. The van der Waals surface area contributed by atoms with Crippen LogP contribution in [0.25, 0.3) is 21.9 Å². The first-order valence-corrected chi connectivity index (χ1v) is 7.84. The molecule has 0 aliphatic heterocycles.